The number of hydrogen-bond donors (Lipinski definition) is 0. The quantitative estimate of drug-likeness (QED) is 0.508. The van der Waals surface area contributed by atoms with Gasteiger partial charge in [-0.15, -0.1) is 0 Å². The van der Waals surface area contributed by atoms with Crippen LogP contribution in [-0.4, -0.2) is 62.2 Å². The summed E-state index contributed by atoms with van der Waals surface area (Å²) in [6.07, 6.45) is 6.40. The maximum atomic E-state index is 4.69. The third-order valence-corrected chi connectivity index (χ3v) is 5.25. The Kier molecular flexibility index (Phi) is 4.62. The van der Waals surface area contributed by atoms with E-state index in [1.165, 1.54) is 0 Å². The molecule has 0 saturated carbocycles. The smallest absolute Gasteiger partial charge is 0.189 e. The van der Waals surface area contributed by atoms with Crippen LogP contribution >= 0.6 is 11.8 Å². The van der Waals surface area contributed by atoms with E-state index < -0.39 is 0 Å². The molecule has 3 aromatic rings. The molecule has 1 aliphatic rings. The molecule has 4 heterocycles. The molecule has 136 valence electrons. The highest BCUT2D eigenvalue weighted by Crippen LogP contribution is 2.25. The fraction of sp³-hybridized carbons (Fsp3) is 0.471. The van der Waals surface area contributed by atoms with E-state index in [1.54, 1.807) is 22.8 Å². The standard InChI is InChI=1S/C17H22N8S/c1-4-12-9-14(22-17(21-12)26-3)24-5-7-25(8-6-24)16-13-10-20-23(2)15(13)18-11-19-16/h9-11H,4-8H2,1-3H3. The predicted octanol–water partition coefficient (Wildman–Crippen LogP) is 1.76. The molecule has 8 nitrogen and oxygen atoms in total. The number of aryl methyl sites for hydroxylation is 2. The maximum Gasteiger partial charge on any atom is 0.189 e. The van der Waals surface area contributed by atoms with Gasteiger partial charge in [-0.2, -0.15) is 5.10 Å². The van der Waals surface area contributed by atoms with Gasteiger partial charge in [0.1, 0.15) is 18.0 Å². The molecule has 0 radical (unpaired) electrons. The Hall–Kier alpha value is -2.42. The van der Waals surface area contributed by atoms with Gasteiger partial charge < -0.3 is 9.80 Å². The Morgan fingerprint density at radius 2 is 1.85 bits per heavy atom. The van der Waals surface area contributed by atoms with Crippen LogP contribution in [0, 0.1) is 0 Å². The summed E-state index contributed by atoms with van der Waals surface area (Å²) in [7, 11) is 1.90. The third kappa shape index (κ3) is 3.07. The fourth-order valence-electron chi connectivity index (χ4n) is 3.24. The van der Waals surface area contributed by atoms with E-state index in [2.05, 4.69) is 42.8 Å². The zero-order valence-electron chi connectivity index (χ0n) is 15.3. The Labute approximate surface area is 156 Å². The van der Waals surface area contributed by atoms with E-state index >= 15 is 0 Å². The number of thioether (sulfide) groups is 1. The molecular formula is C17H22N8S. The Morgan fingerprint density at radius 1 is 1.08 bits per heavy atom. The van der Waals surface area contributed by atoms with Crippen molar-refractivity contribution in [1.82, 2.24) is 29.7 Å². The highest BCUT2D eigenvalue weighted by molar-refractivity contribution is 7.98. The second-order valence-electron chi connectivity index (χ2n) is 6.23. The molecule has 0 amide bonds. The first-order valence-electron chi connectivity index (χ1n) is 8.74. The van der Waals surface area contributed by atoms with Crippen molar-refractivity contribution in [3.8, 4) is 0 Å². The average molecular weight is 370 g/mol. The van der Waals surface area contributed by atoms with E-state index in [0.717, 1.165) is 66.1 Å². The van der Waals surface area contributed by atoms with Gasteiger partial charge in [0.25, 0.3) is 0 Å². The van der Waals surface area contributed by atoms with Gasteiger partial charge in [0.05, 0.1) is 11.6 Å². The summed E-state index contributed by atoms with van der Waals surface area (Å²) in [6.45, 7) is 5.71. The minimum absolute atomic E-state index is 0.842. The number of anilines is 2. The first-order valence-corrected chi connectivity index (χ1v) is 9.96. The molecule has 1 aliphatic heterocycles. The summed E-state index contributed by atoms with van der Waals surface area (Å²) in [4.78, 5) is 22.7. The zero-order chi connectivity index (χ0) is 18.1. The summed E-state index contributed by atoms with van der Waals surface area (Å²) in [5.74, 6) is 1.99. The SMILES string of the molecule is CCc1cc(N2CCN(c3ncnc4c3cnn4C)CC2)nc(SC)n1. The van der Waals surface area contributed by atoms with Crippen molar-refractivity contribution in [2.75, 3.05) is 42.2 Å². The number of aromatic nitrogens is 6. The fourth-order valence-corrected chi connectivity index (χ4v) is 3.64. The summed E-state index contributed by atoms with van der Waals surface area (Å²) in [5, 5.41) is 6.16. The average Bonchev–Trinajstić information content (AvgIpc) is 3.09. The van der Waals surface area contributed by atoms with Gasteiger partial charge in [-0.3, -0.25) is 4.68 Å². The Balaban J connectivity index is 1.54. The predicted molar refractivity (Wildman–Crippen MR) is 104 cm³/mol. The van der Waals surface area contributed by atoms with Gasteiger partial charge in [0.15, 0.2) is 10.8 Å². The molecule has 0 spiro atoms. The molecular weight excluding hydrogens is 348 g/mol. The number of fused-ring (bicyclic) bond motifs is 1. The molecule has 0 bridgehead atoms. The van der Waals surface area contributed by atoms with E-state index in [-0.39, 0.29) is 0 Å². The summed E-state index contributed by atoms with van der Waals surface area (Å²) >= 11 is 1.59. The van der Waals surface area contributed by atoms with Crippen LogP contribution in [0.15, 0.2) is 23.7 Å². The van der Waals surface area contributed by atoms with E-state index in [9.17, 15) is 0 Å². The lowest BCUT2D eigenvalue weighted by molar-refractivity contribution is 0.638. The largest absolute Gasteiger partial charge is 0.353 e. The van der Waals surface area contributed by atoms with Crippen LogP contribution in [0.3, 0.4) is 0 Å². The lowest BCUT2D eigenvalue weighted by atomic mass is 10.2. The summed E-state index contributed by atoms with van der Waals surface area (Å²) in [5.41, 5.74) is 1.96. The van der Waals surface area contributed by atoms with Crippen molar-refractivity contribution in [1.29, 1.82) is 0 Å². The van der Waals surface area contributed by atoms with Gasteiger partial charge in [0, 0.05) is 45.0 Å². The second kappa shape index (κ2) is 7.06. The number of hydrogen-bond acceptors (Lipinski definition) is 8. The third-order valence-electron chi connectivity index (χ3n) is 4.70. The van der Waals surface area contributed by atoms with E-state index in [0.29, 0.717) is 0 Å². The van der Waals surface area contributed by atoms with Crippen molar-refractivity contribution in [2.45, 2.75) is 18.5 Å². The van der Waals surface area contributed by atoms with Crippen molar-refractivity contribution in [3.63, 3.8) is 0 Å². The highest BCUT2D eigenvalue weighted by atomic mass is 32.2. The molecule has 9 heteroatoms. The van der Waals surface area contributed by atoms with E-state index in [4.69, 9.17) is 4.98 Å². The summed E-state index contributed by atoms with van der Waals surface area (Å²) in [6, 6.07) is 2.11. The zero-order valence-corrected chi connectivity index (χ0v) is 16.1. The van der Waals surface area contributed by atoms with Gasteiger partial charge in [-0.25, -0.2) is 19.9 Å². The molecule has 3 aromatic heterocycles. The van der Waals surface area contributed by atoms with Crippen LogP contribution in [0.5, 0.6) is 0 Å². The van der Waals surface area contributed by atoms with Gasteiger partial charge in [0.2, 0.25) is 0 Å². The number of nitrogens with zero attached hydrogens (tertiary/aromatic N) is 8. The molecule has 4 rings (SSSR count). The molecule has 0 aliphatic carbocycles. The molecule has 0 unspecified atom stereocenters. The molecule has 0 atom stereocenters. The van der Waals surface area contributed by atoms with Crippen LogP contribution in [-0.2, 0) is 13.5 Å². The van der Waals surface area contributed by atoms with Crippen LogP contribution in [0.2, 0.25) is 0 Å². The first kappa shape index (κ1) is 17.0. The van der Waals surface area contributed by atoms with Crippen molar-refractivity contribution in [3.05, 3.63) is 24.3 Å². The molecule has 0 aromatic carbocycles. The van der Waals surface area contributed by atoms with Crippen molar-refractivity contribution >= 4 is 34.4 Å². The number of rotatable bonds is 4. The Morgan fingerprint density at radius 3 is 2.58 bits per heavy atom. The van der Waals surface area contributed by atoms with Crippen LogP contribution < -0.4 is 9.80 Å². The monoisotopic (exact) mass is 370 g/mol. The topological polar surface area (TPSA) is 75.9 Å². The minimum atomic E-state index is 0.842. The highest BCUT2D eigenvalue weighted by Gasteiger charge is 2.22. The molecule has 1 fully saturated rings. The van der Waals surface area contributed by atoms with E-state index in [1.807, 2.05) is 19.5 Å². The maximum absolute atomic E-state index is 4.69. The lowest BCUT2D eigenvalue weighted by Gasteiger charge is -2.36. The lowest BCUT2D eigenvalue weighted by Crippen LogP contribution is -2.47. The normalized spacial score (nSPS) is 15.0. The van der Waals surface area contributed by atoms with Crippen LogP contribution in [0.1, 0.15) is 12.6 Å². The molecule has 1 saturated heterocycles. The minimum Gasteiger partial charge on any atom is -0.353 e. The van der Waals surface area contributed by atoms with Gasteiger partial charge in [-0.1, -0.05) is 18.7 Å². The van der Waals surface area contributed by atoms with Gasteiger partial charge >= 0.3 is 0 Å². The molecule has 0 N–H and O–H groups in total. The van der Waals surface area contributed by atoms with Crippen LogP contribution in [0.4, 0.5) is 11.6 Å². The Bertz CT molecular complexity index is 894. The number of piperazine rings is 1. The summed E-state index contributed by atoms with van der Waals surface area (Å²) < 4.78 is 1.79. The first-order chi connectivity index (χ1) is 12.7. The van der Waals surface area contributed by atoms with Crippen LogP contribution in [0.25, 0.3) is 11.0 Å². The van der Waals surface area contributed by atoms with Crippen molar-refractivity contribution < 1.29 is 0 Å². The van der Waals surface area contributed by atoms with Gasteiger partial charge in [-0.05, 0) is 12.7 Å². The second-order valence-corrected chi connectivity index (χ2v) is 7.01. The molecule has 26 heavy (non-hydrogen) atoms. The van der Waals surface area contributed by atoms with Crippen molar-refractivity contribution in [2.24, 2.45) is 7.05 Å².